The molecule has 1 aromatic carbocycles. The van der Waals surface area contributed by atoms with Gasteiger partial charge in [-0.25, -0.2) is 4.98 Å². The van der Waals surface area contributed by atoms with Crippen LogP contribution in [-0.4, -0.2) is 10.5 Å². The molecule has 3 nitrogen and oxygen atoms in total. The first kappa shape index (κ1) is 15.0. The monoisotopic (exact) mass is 290 g/mol. The van der Waals surface area contributed by atoms with E-state index in [0.29, 0.717) is 6.61 Å². The Kier molecular flexibility index (Phi) is 4.78. The van der Waals surface area contributed by atoms with Gasteiger partial charge in [-0.2, -0.15) is 0 Å². The topological polar surface area (TPSA) is 34.1 Å². The highest BCUT2D eigenvalue weighted by Crippen LogP contribution is 2.22. The number of nitrogens with one attached hydrogen (secondary N) is 1. The molecule has 20 heavy (non-hydrogen) atoms. The molecule has 1 heterocycles. The molecule has 0 unspecified atom stereocenters. The molecule has 0 atom stereocenters. The quantitative estimate of drug-likeness (QED) is 0.906. The van der Waals surface area contributed by atoms with Gasteiger partial charge < -0.3 is 10.1 Å². The maximum atomic E-state index is 5.91. The molecule has 0 aliphatic heterocycles. The van der Waals surface area contributed by atoms with Gasteiger partial charge in [0.25, 0.3) is 0 Å². The Bertz CT molecular complexity index is 544. The minimum atomic E-state index is 0.0932. The fourth-order valence-electron chi connectivity index (χ4n) is 1.81. The molecular formula is C16H22N2OS. The van der Waals surface area contributed by atoms with Crippen molar-refractivity contribution in [3.8, 4) is 5.75 Å². The van der Waals surface area contributed by atoms with Crippen molar-refractivity contribution in [3.05, 3.63) is 45.9 Å². The normalized spacial score (nSPS) is 11.6. The lowest BCUT2D eigenvalue weighted by atomic mass is 10.1. The smallest absolute Gasteiger partial charge is 0.131 e. The van der Waals surface area contributed by atoms with E-state index in [4.69, 9.17) is 4.74 Å². The van der Waals surface area contributed by atoms with E-state index in [1.807, 2.05) is 17.0 Å². The summed E-state index contributed by atoms with van der Waals surface area (Å²) < 4.78 is 5.91. The molecule has 0 amide bonds. The summed E-state index contributed by atoms with van der Waals surface area (Å²) in [4.78, 5) is 4.24. The number of hydrogen-bond donors (Lipinski definition) is 1. The second-order valence-electron chi connectivity index (χ2n) is 5.98. The van der Waals surface area contributed by atoms with Gasteiger partial charge >= 0.3 is 0 Å². The van der Waals surface area contributed by atoms with Crippen molar-refractivity contribution in [3.63, 3.8) is 0 Å². The Morgan fingerprint density at radius 1 is 1.30 bits per heavy atom. The van der Waals surface area contributed by atoms with Gasteiger partial charge in [0, 0.05) is 23.0 Å². The average molecular weight is 290 g/mol. The lowest BCUT2D eigenvalue weighted by molar-refractivity contribution is 0.296. The Morgan fingerprint density at radius 3 is 2.75 bits per heavy atom. The lowest BCUT2D eigenvalue weighted by Gasteiger charge is -2.22. The van der Waals surface area contributed by atoms with Crippen molar-refractivity contribution in [2.45, 2.75) is 46.4 Å². The minimum absolute atomic E-state index is 0.0932. The Labute approximate surface area is 125 Å². The Balaban J connectivity index is 2.07. The number of aryl methyl sites for hydroxylation is 1. The van der Waals surface area contributed by atoms with Crippen LogP contribution in [-0.2, 0) is 13.2 Å². The third kappa shape index (κ3) is 4.62. The summed E-state index contributed by atoms with van der Waals surface area (Å²) >= 11 is 1.59. The maximum Gasteiger partial charge on any atom is 0.131 e. The van der Waals surface area contributed by atoms with E-state index in [0.717, 1.165) is 18.0 Å². The van der Waals surface area contributed by atoms with Crippen LogP contribution in [0.4, 0.5) is 0 Å². The van der Waals surface area contributed by atoms with E-state index in [1.54, 1.807) is 11.3 Å². The summed E-state index contributed by atoms with van der Waals surface area (Å²) in [6, 6.07) is 6.30. The summed E-state index contributed by atoms with van der Waals surface area (Å²) in [7, 11) is 0. The van der Waals surface area contributed by atoms with Crippen LogP contribution in [0.2, 0.25) is 0 Å². The molecule has 1 aromatic heterocycles. The van der Waals surface area contributed by atoms with Gasteiger partial charge in [0.05, 0.1) is 11.2 Å². The predicted octanol–water partition coefficient (Wildman–Crippen LogP) is 3.92. The molecule has 4 heteroatoms. The number of rotatable bonds is 5. The standard InChI is InChI=1S/C16H22N2OS/c1-12-5-6-15(19-9-14-10-20-11-17-14)13(7-12)8-18-16(2,3)4/h5-7,10-11,18H,8-9H2,1-4H3. The van der Waals surface area contributed by atoms with Gasteiger partial charge in [-0.05, 0) is 33.8 Å². The Morgan fingerprint density at radius 2 is 2.10 bits per heavy atom. The van der Waals surface area contributed by atoms with Crippen LogP contribution >= 0.6 is 11.3 Å². The summed E-state index contributed by atoms with van der Waals surface area (Å²) in [5.41, 5.74) is 5.34. The molecule has 0 aliphatic rings. The third-order valence-corrected chi connectivity index (χ3v) is 3.52. The van der Waals surface area contributed by atoms with Gasteiger partial charge in [0.2, 0.25) is 0 Å². The molecule has 2 rings (SSSR count). The van der Waals surface area contributed by atoms with Crippen molar-refractivity contribution in [2.75, 3.05) is 0 Å². The van der Waals surface area contributed by atoms with Gasteiger partial charge in [-0.15, -0.1) is 11.3 Å². The number of thiazole rings is 1. The molecule has 0 saturated heterocycles. The van der Waals surface area contributed by atoms with Crippen LogP contribution in [0.3, 0.4) is 0 Å². The fourth-order valence-corrected chi connectivity index (χ4v) is 2.35. The van der Waals surface area contributed by atoms with Gasteiger partial charge in [-0.1, -0.05) is 17.7 Å². The first-order valence-electron chi connectivity index (χ1n) is 6.78. The number of nitrogens with zero attached hydrogens (tertiary/aromatic N) is 1. The highest BCUT2D eigenvalue weighted by atomic mass is 32.1. The van der Waals surface area contributed by atoms with Crippen LogP contribution in [0.1, 0.15) is 37.6 Å². The molecule has 0 saturated carbocycles. The molecule has 0 radical (unpaired) electrons. The van der Waals surface area contributed by atoms with Crippen LogP contribution in [0.5, 0.6) is 5.75 Å². The van der Waals surface area contributed by atoms with E-state index >= 15 is 0 Å². The summed E-state index contributed by atoms with van der Waals surface area (Å²) in [5, 5.41) is 5.52. The summed E-state index contributed by atoms with van der Waals surface area (Å²) in [6.07, 6.45) is 0. The SMILES string of the molecule is Cc1ccc(OCc2cscn2)c(CNC(C)(C)C)c1. The van der Waals surface area contributed by atoms with E-state index < -0.39 is 0 Å². The van der Waals surface area contributed by atoms with Crippen LogP contribution in [0.15, 0.2) is 29.1 Å². The van der Waals surface area contributed by atoms with Crippen molar-refractivity contribution in [2.24, 2.45) is 0 Å². The lowest BCUT2D eigenvalue weighted by Crippen LogP contribution is -2.35. The summed E-state index contributed by atoms with van der Waals surface area (Å²) in [6.45, 7) is 9.92. The van der Waals surface area contributed by atoms with Crippen molar-refractivity contribution >= 4 is 11.3 Å². The van der Waals surface area contributed by atoms with Crippen molar-refractivity contribution < 1.29 is 4.74 Å². The molecule has 0 aliphatic carbocycles. The number of hydrogen-bond acceptors (Lipinski definition) is 4. The number of ether oxygens (including phenoxy) is 1. The second-order valence-corrected chi connectivity index (χ2v) is 6.70. The predicted molar refractivity (Wildman–Crippen MR) is 84.2 cm³/mol. The van der Waals surface area contributed by atoms with Crippen molar-refractivity contribution in [1.82, 2.24) is 10.3 Å². The number of aromatic nitrogens is 1. The van der Waals surface area contributed by atoms with E-state index in [-0.39, 0.29) is 5.54 Å². The zero-order valence-corrected chi connectivity index (χ0v) is 13.4. The molecular weight excluding hydrogens is 268 g/mol. The third-order valence-electron chi connectivity index (χ3n) is 2.88. The highest BCUT2D eigenvalue weighted by molar-refractivity contribution is 7.07. The fraction of sp³-hybridized carbons (Fsp3) is 0.438. The van der Waals surface area contributed by atoms with Gasteiger partial charge in [0.1, 0.15) is 12.4 Å². The van der Waals surface area contributed by atoms with Crippen LogP contribution in [0, 0.1) is 6.92 Å². The molecule has 2 aromatic rings. The Hall–Kier alpha value is -1.39. The average Bonchev–Trinajstić information content (AvgIpc) is 2.87. The van der Waals surface area contributed by atoms with E-state index in [9.17, 15) is 0 Å². The maximum absolute atomic E-state index is 5.91. The van der Waals surface area contributed by atoms with Crippen molar-refractivity contribution in [1.29, 1.82) is 0 Å². The summed E-state index contributed by atoms with van der Waals surface area (Å²) in [5.74, 6) is 0.931. The molecule has 108 valence electrons. The largest absolute Gasteiger partial charge is 0.487 e. The van der Waals surface area contributed by atoms with Crippen LogP contribution < -0.4 is 10.1 Å². The first-order valence-corrected chi connectivity index (χ1v) is 7.73. The van der Waals surface area contributed by atoms with E-state index in [2.05, 4.69) is 50.1 Å². The minimum Gasteiger partial charge on any atom is -0.487 e. The molecule has 0 fully saturated rings. The number of benzene rings is 1. The molecule has 0 bridgehead atoms. The first-order chi connectivity index (χ1) is 9.44. The molecule has 0 spiro atoms. The van der Waals surface area contributed by atoms with Gasteiger partial charge in [-0.3, -0.25) is 0 Å². The van der Waals surface area contributed by atoms with Crippen LogP contribution in [0.25, 0.3) is 0 Å². The zero-order chi connectivity index (χ0) is 14.6. The second kappa shape index (κ2) is 6.37. The molecule has 1 N–H and O–H groups in total. The zero-order valence-electron chi connectivity index (χ0n) is 12.6. The van der Waals surface area contributed by atoms with Gasteiger partial charge in [0.15, 0.2) is 0 Å². The van der Waals surface area contributed by atoms with E-state index in [1.165, 1.54) is 11.1 Å². The highest BCUT2D eigenvalue weighted by Gasteiger charge is 2.11.